The Morgan fingerprint density at radius 2 is 1.92 bits per heavy atom. The summed E-state index contributed by atoms with van der Waals surface area (Å²) < 4.78 is 30.6. The molecule has 0 bridgehead atoms. The highest BCUT2D eigenvalue weighted by molar-refractivity contribution is 7.78. The van der Waals surface area contributed by atoms with Gasteiger partial charge in [0, 0.05) is 12.1 Å². The number of thiocarbonyl (C=S) groups is 1. The van der Waals surface area contributed by atoms with Crippen LogP contribution < -0.4 is 4.74 Å². The summed E-state index contributed by atoms with van der Waals surface area (Å²) in [6.45, 7) is 0. The van der Waals surface area contributed by atoms with E-state index < -0.39 is 17.3 Å². The average molecular weight is 201 g/mol. The molecule has 5 heteroatoms. The first-order chi connectivity index (χ1) is 6.19. The van der Waals surface area contributed by atoms with Gasteiger partial charge in [-0.25, -0.2) is 8.78 Å². The highest BCUT2D eigenvalue weighted by Gasteiger charge is 2.09. The molecule has 2 nitrogen and oxygen atoms in total. The Morgan fingerprint density at radius 3 is 2.31 bits per heavy atom. The molecule has 0 N–H and O–H groups in total. The lowest BCUT2D eigenvalue weighted by Crippen LogP contribution is -1.88. The minimum atomic E-state index is -0.825. The normalized spacial score (nSPS) is 9.15. The number of hydrogen-bond acceptors (Lipinski definition) is 3. The summed E-state index contributed by atoms with van der Waals surface area (Å²) in [5, 5.41) is 1.89. The zero-order chi connectivity index (χ0) is 9.84. The smallest absolute Gasteiger partial charge is 0.156 e. The molecular weight excluding hydrogens is 196 g/mol. The molecule has 1 rings (SSSR count). The van der Waals surface area contributed by atoms with Crippen LogP contribution in [0.4, 0.5) is 14.5 Å². The molecule has 68 valence electrons. The van der Waals surface area contributed by atoms with Crippen LogP contribution in [0.1, 0.15) is 0 Å². The molecule has 13 heavy (non-hydrogen) atoms. The fraction of sp³-hybridized carbons (Fsp3) is 0.125. The molecule has 1 aromatic rings. The van der Waals surface area contributed by atoms with E-state index in [-0.39, 0.29) is 5.75 Å². The summed E-state index contributed by atoms with van der Waals surface area (Å²) in [6, 6.07) is 2.04. The first-order valence-electron chi connectivity index (χ1n) is 3.30. The van der Waals surface area contributed by atoms with Gasteiger partial charge in [-0.15, -0.1) is 0 Å². The van der Waals surface area contributed by atoms with Crippen LogP contribution in [0, 0.1) is 11.6 Å². The number of halogens is 2. The van der Waals surface area contributed by atoms with Crippen LogP contribution in [0.15, 0.2) is 17.1 Å². The van der Waals surface area contributed by atoms with E-state index in [1.807, 2.05) is 5.16 Å². The summed E-state index contributed by atoms with van der Waals surface area (Å²) in [6.07, 6.45) is 0. The third kappa shape index (κ3) is 2.08. The predicted molar refractivity (Wildman–Crippen MR) is 47.6 cm³/mol. The second-order valence-electron chi connectivity index (χ2n) is 2.14. The fourth-order valence-corrected chi connectivity index (χ4v) is 0.904. The molecule has 0 amide bonds. The van der Waals surface area contributed by atoms with Crippen molar-refractivity contribution in [1.29, 1.82) is 0 Å². The molecule has 0 unspecified atom stereocenters. The quantitative estimate of drug-likeness (QED) is 0.542. The van der Waals surface area contributed by atoms with Crippen molar-refractivity contribution in [3.8, 4) is 5.75 Å². The molecule has 0 atom stereocenters. The largest absolute Gasteiger partial charge is 0.497 e. The van der Waals surface area contributed by atoms with Gasteiger partial charge in [-0.3, -0.25) is 0 Å². The summed E-state index contributed by atoms with van der Waals surface area (Å²) in [4.78, 5) is 3.24. The molecule has 0 fully saturated rings. The van der Waals surface area contributed by atoms with Crippen molar-refractivity contribution in [2.45, 2.75) is 0 Å². The minimum absolute atomic E-state index is 0.0957. The van der Waals surface area contributed by atoms with Crippen LogP contribution in [0.3, 0.4) is 0 Å². The molecule has 0 aromatic heterocycles. The number of nitrogens with zero attached hydrogens (tertiary/aromatic N) is 1. The first kappa shape index (κ1) is 9.77. The van der Waals surface area contributed by atoms with Crippen LogP contribution in [-0.2, 0) is 0 Å². The number of isothiocyanates is 1. The van der Waals surface area contributed by atoms with E-state index in [4.69, 9.17) is 0 Å². The van der Waals surface area contributed by atoms with Gasteiger partial charge in [0.15, 0.2) is 11.6 Å². The summed E-state index contributed by atoms with van der Waals surface area (Å²) in [7, 11) is 1.32. The van der Waals surface area contributed by atoms with Crippen LogP contribution >= 0.6 is 12.2 Å². The molecule has 0 radical (unpaired) electrons. The molecule has 0 aliphatic carbocycles. The van der Waals surface area contributed by atoms with Gasteiger partial charge in [0.2, 0.25) is 0 Å². The number of benzene rings is 1. The van der Waals surface area contributed by atoms with Gasteiger partial charge in [-0.2, -0.15) is 4.99 Å². The fourth-order valence-electron chi connectivity index (χ4n) is 0.813. The molecule has 0 spiro atoms. The van der Waals surface area contributed by atoms with Gasteiger partial charge in [-0.05, 0) is 12.2 Å². The molecular formula is C8H5F2NOS. The lowest BCUT2D eigenvalue weighted by Gasteiger charge is -2.01. The van der Waals surface area contributed by atoms with Gasteiger partial charge in [0.25, 0.3) is 0 Å². The second kappa shape index (κ2) is 4.07. The summed E-state index contributed by atoms with van der Waals surface area (Å²) in [5.74, 6) is -1.55. The molecule has 0 saturated heterocycles. The van der Waals surface area contributed by atoms with Crippen molar-refractivity contribution < 1.29 is 13.5 Å². The Bertz CT molecular complexity index is 351. The Morgan fingerprint density at radius 1 is 1.38 bits per heavy atom. The van der Waals surface area contributed by atoms with Crippen molar-refractivity contribution in [2.24, 2.45) is 4.99 Å². The third-order valence-corrected chi connectivity index (χ3v) is 1.47. The minimum Gasteiger partial charge on any atom is -0.497 e. The van der Waals surface area contributed by atoms with Crippen molar-refractivity contribution in [2.75, 3.05) is 7.11 Å². The first-order valence-corrected chi connectivity index (χ1v) is 3.70. The Balaban J connectivity index is 3.30. The lowest BCUT2D eigenvalue weighted by molar-refractivity contribution is 0.407. The topological polar surface area (TPSA) is 21.6 Å². The number of methoxy groups -OCH3 is 1. The van der Waals surface area contributed by atoms with Gasteiger partial charge in [0.05, 0.1) is 12.3 Å². The predicted octanol–water partition coefficient (Wildman–Crippen LogP) is 2.71. The Hall–Kier alpha value is -1.32. The lowest BCUT2D eigenvalue weighted by atomic mass is 10.3. The van der Waals surface area contributed by atoms with Gasteiger partial charge < -0.3 is 4.74 Å². The number of hydrogen-bond donors (Lipinski definition) is 0. The number of aliphatic imine (C=N–C) groups is 1. The van der Waals surface area contributed by atoms with E-state index in [0.29, 0.717) is 0 Å². The maximum absolute atomic E-state index is 13.0. The molecule has 0 heterocycles. The van der Waals surface area contributed by atoms with E-state index >= 15 is 0 Å². The van der Waals surface area contributed by atoms with Crippen LogP contribution in [-0.4, -0.2) is 12.3 Å². The van der Waals surface area contributed by atoms with Gasteiger partial charge in [0.1, 0.15) is 11.4 Å². The van der Waals surface area contributed by atoms with E-state index in [1.54, 1.807) is 0 Å². The zero-order valence-electron chi connectivity index (χ0n) is 6.67. The summed E-state index contributed by atoms with van der Waals surface area (Å²) >= 11 is 4.23. The summed E-state index contributed by atoms with van der Waals surface area (Å²) in [5.41, 5.74) is -0.448. The van der Waals surface area contributed by atoms with E-state index in [1.165, 1.54) is 7.11 Å². The van der Waals surface area contributed by atoms with Crippen molar-refractivity contribution in [3.63, 3.8) is 0 Å². The molecule has 0 saturated carbocycles. The maximum atomic E-state index is 13.0. The molecule has 0 aliphatic rings. The Labute approximate surface area is 78.9 Å². The van der Waals surface area contributed by atoms with Gasteiger partial charge >= 0.3 is 0 Å². The Kier molecular flexibility index (Phi) is 3.06. The van der Waals surface area contributed by atoms with E-state index in [0.717, 1.165) is 12.1 Å². The van der Waals surface area contributed by atoms with Crippen LogP contribution in [0.5, 0.6) is 5.75 Å². The molecule has 1 aromatic carbocycles. The van der Waals surface area contributed by atoms with Crippen molar-refractivity contribution >= 4 is 23.1 Å². The highest BCUT2D eigenvalue weighted by Crippen LogP contribution is 2.26. The SMILES string of the molecule is COc1cc(F)c(N=C=S)c(F)c1. The van der Waals surface area contributed by atoms with E-state index in [2.05, 4.69) is 21.9 Å². The standard InChI is InChI=1S/C8H5F2NOS/c1-12-5-2-6(9)8(11-4-13)7(10)3-5/h2-3H,1H3. The van der Waals surface area contributed by atoms with Gasteiger partial charge in [-0.1, -0.05) is 0 Å². The van der Waals surface area contributed by atoms with Crippen LogP contribution in [0.2, 0.25) is 0 Å². The average Bonchev–Trinajstić information content (AvgIpc) is 2.11. The second-order valence-corrected chi connectivity index (χ2v) is 2.33. The number of rotatable bonds is 2. The van der Waals surface area contributed by atoms with Crippen molar-refractivity contribution in [3.05, 3.63) is 23.8 Å². The van der Waals surface area contributed by atoms with Crippen molar-refractivity contribution in [1.82, 2.24) is 0 Å². The highest BCUT2D eigenvalue weighted by atomic mass is 32.1. The number of ether oxygens (including phenoxy) is 1. The monoisotopic (exact) mass is 201 g/mol. The van der Waals surface area contributed by atoms with Crippen LogP contribution in [0.25, 0.3) is 0 Å². The zero-order valence-corrected chi connectivity index (χ0v) is 7.49. The third-order valence-electron chi connectivity index (χ3n) is 1.38. The van der Waals surface area contributed by atoms with E-state index in [9.17, 15) is 8.78 Å². The molecule has 0 aliphatic heterocycles. The maximum Gasteiger partial charge on any atom is 0.156 e.